The van der Waals surface area contributed by atoms with Crippen molar-refractivity contribution in [3.05, 3.63) is 59.5 Å². The van der Waals surface area contributed by atoms with Crippen molar-refractivity contribution in [2.75, 3.05) is 18.4 Å². The highest BCUT2D eigenvalue weighted by Gasteiger charge is 2.23. The lowest BCUT2D eigenvalue weighted by Gasteiger charge is -2.31. The molecule has 3 rings (SSSR count). The van der Waals surface area contributed by atoms with Crippen molar-refractivity contribution in [2.45, 2.75) is 25.9 Å². The number of benzene rings is 1. The monoisotopic (exact) mass is 342 g/mol. The van der Waals surface area contributed by atoms with Crippen LogP contribution < -0.4 is 11.1 Å². The van der Waals surface area contributed by atoms with Crippen molar-refractivity contribution in [1.82, 2.24) is 9.88 Å². The van der Waals surface area contributed by atoms with Gasteiger partial charge in [0.1, 0.15) is 5.82 Å². The average Bonchev–Trinajstić information content (AvgIpc) is 2.61. The van der Waals surface area contributed by atoms with Crippen molar-refractivity contribution in [3.8, 4) is 0 Å². The van der Waals surface area contributed by atoms with Crippen molar-refractivity contribution >= 4 is 11.7 Å². The number of amides is 1. The van der Waals surface area contributed by atoms with Gasteiger partial charge in [-0.05, 0) is 42.6 Å². The lowest BCUT2D eigenvalue weighted by molar-refractivity contribution is -0.123. The van der Waals surface area contributed by atoms with Crippen LogP contribution in [0.15, 0.2) is 42.5 Å². The third-order valence-corrected chi connectivity index (χ3v) is 4.49. The number of likely N-dealkylation sites (tertiary alicyclic amines) is 1. The maximum atomic E-state index is 13.1. The molecule has 1 amide bonds. The number of aromatic nitrogens is 1. The summed E-state index contributed by atoms with van der Waals surface area (Å²) in [6.07, 6.45) is 1.89. The summed E-state index contributed by atoms with van der Waals surface area (Å²) >= 11 is 0. The molecule has 2 heterocycles. The molecule has 0 radical (unpaired) electrons. The SMILES string of the molecule is NC(=O)C1CCCN(Cc2cccc(CNc3cccc(F)n3)c2)C1. The molecule has 3 N–H and O–H groups in total. The molecule has 25 heavy (non-hydrogen) atoms. The fraction of sp³-hybridized carbons (Fsp3) is 0.368. The summed E-state index contributed by atoms with van der Waals surface area (Å²) in [7, 11) is 0. The fourth-order valence-electron chi connectivity index (χ4n) is 3.23. The van der Waals surface area contributed by atoms with Gasteiger partial charge in [-0.15, -0.1) is 0 Å². The number of nitrogens with two attached hydrogens (primary N) is 1. The van der Waals surface area contributed by atoms with E-state index < -0.39 is 5.95 Å². The van der Waals surface area contributed by atoms with Crippen molar-refractivity contribution < 1.29 is 9.18 Å². The summed E-state index contributed by atoms with van der Waals surface area (Å²) in [4.78, 5) is 17.5. The number of carbonyl (C=O) groups excluding carboxylic acids is 1. The molecule has 2 aromatic rings. The molecular formula is C19H23FN4O. The average molecular weight is 342 g/mol. The van der Waals surface area contributed by atoms with Crippen molar-refractivity contribution in [2.24, 2.45) is 11.7 Å². The van der Waals surface area contributed by atoms with Crippen LogP contribution in [0, 0.1) is 11.9 Å². The number of nitrogens with one attached hydrogen (secondary N) is 1. The molecule has 1 aliphatic rings. The zero-order valence-electron chi connectivity index (χ0n) is 14.1. The molecule has 1 atom stereocenters. The minimum atomic E-state index is -0.493. The van der Waals surface area contributed by atoms with E-state index >= 15 is 0 Å². The topological polar surface area (TPSA) is 71.2 Å². The van der Waals surface area contributed by atoms with Gasteiger partial charge in [0.15, 0.2) is 0 Å². The van der Waals surface area contributed by atoms with E-state index in [2.05, 4.69) is 27.3 Å². The van der Waals surface area contributed by atoms with Gasteiger partial charge in [0.25, 0.3) is 0 Å². The maximum absolute atomic E-state index is 13.1. The Hall–Kier alpha value is -2.47. The number of anilines is 1. The van der Waals surface area contributed by atoms with Crippen LogP contribution in [0.5, 0.6) is 0 Å². The largest absolute Gasteiger partial charge is 0.369 e. The van der Waals surface area contributed by atoms with E-state index in [1.807, 2.05) is 12.1 Å². The Morgan fingerprint density at radius 2 is 2.08 bits per heavy atom. The van der Waals surface area contributed by atoms with Gasteiger partial charge in [-0.25, -0.2) is 4.98 Å². The molecule has 1 unspecified atom stereocenters. The number of nitrogens with zero attached hydrogens (tertiary/aromatic N) is 2. The lowest BCUT2D eigenvalue weighted by atomic mass is 9.97. The predicted molar refractivity (Wildman–Crippen MR) is 95.2 cm³/mol. The van der Waals surface area contributed by atoms with Gasteiger partial charge in [0, 0.05) is 19.6 Å². The number of halogens is 1. The molecule has 1 aromatic carbocycles. The van der Waals surface area contributed by atoms with Crippen LogP contribution in [0.3, 0.4) is 0 Å². The first kappa shape index (κ1) is 17.4. The summed E-state index contributed by atoms with van der Waals surface area (Å²) in [5.74, 6) is -0.221. The zero-order valence-corrected chi connectivity index (χ0v) is 14.1. The highest BCUT2D eigenvalue weighted by molar-refractivity contribution is 5.76. The first-order chi connectivity index (χ1) is 12.1. The second-order valence-corrected chi connectivity index (χ2v) is 6.50. The van der Waals surface area contributed by atoms with E-state index in [9.17, 15) is 9.18 Å². The summed E-state index contributed by atoms with van der Waals surface area (Å²) in [5, 5.41) is 3.13. The van der Waals surface area contributed by atoms with E-state index in [4.69, 9.17) is 5.73 Å². The van der Waals surface area contributed by atoms with Crippen LogP contribution in [0.4, 0.5) is 10.2 Å². The maximum Gasteiger partial charge on any atom is 0.221 e. The van der Waals surface area contributed by atoms with Crippen molar-refractivity contribution in [3.63, 3.8) is 0 Å². The van der Waals surface area contributed by atoms with Crippen LogP contribution in [-0.2, 0) is 17.9 Å². The highest BCUT2D eigenvalue weighted by Crippen LogP contribution is 2.19. The molecule has 0 aliphatic carbocycles. The quantitative estimate of drug-likeness (QED) is 0.792. The molecule has 0 spiro atoms. The molecule has 0 saturated carbocycles. The van der Waals surface area contributed by atoms with Gasteiger partial charge >= 0.3 is 0 Å². The third kappa shape index (κ3) is 5.00. The third-order valence-electron chi connectivity index (χ3n) is 4.49. The molecule has 0 bridgehead atoms. The highest BCUT2D eigenvalue weighted by atomic mass is 19.1. The first-order valence-electron chi connectivity index (χ1n) is 8.56. The summed E-state index contributed by atoms with van der Waals surface area (Å²) in [6, 6.07) is 12.9. The Morgan fingerprint density at radius 3 is 2.88 bits per heavy atom. The smallest absolute Gasteiger partial charge is 0.221 e. The molecule has 6 heteroatoms. The Bertz CT molecular complexity index is 737. The number of hydrogen-bond acceptors (Lipinski definition) is 4. The van der Waals surface area contributed by atoms with Gasteiger partial charge in [0.2, 0.25) is 11.9 Å². The summed E-state index contributed by atoms with van der Waals surface area (Å²) in [5.41, 5.74) is 7.74. The molecule has 1 aromatic heterocycles. The van der Waals surface area contributed by atoms with Gasteiger partial charge in [-0.3, -0.25) is 9.69 Å². The predicted octanol–water partition coefficient (Wildman–Crippen LogP) is 2.53. The minimum absolute atomic E-state index is 0.0438. The number of hydrogen-bond donors (Lipinski definition) is 2. The van der Waals surface area contributed by atoms with Gasteiger partial charge in [0.05, 0.1) is 5.92 Å². The molecule has 1 saturated heterocycles. The Balaban J connectivity index is 1.58. The van der Waals surface area contributed by atoms with Crippen LogP contribution in [0.1, 0.15) is 24.0 Å². The van der Waals surface area contributed by atoms with E-state index in [1.54, 1.807) is 12.1 Å². The number of piperidine rings is 1. The van der Waals surface area contributed by atoms with Gasteiger partial charge in [-0.2, -0.15) is 4.39 Å². The van der Waals surface area contributed by atoms with E-state index in [0.717, 1.165) is 38.0 Å². The normalized spacial score (nSPS) is 18.0. The standard InChI is InChI=1S/C19H23FN4O/c20-17-7-2-8-18(23-17)22-11-14-4-1-5-15(10-14)12-24-9-3-6-16(13-24)19(21)25/h1-2,4-5,7-8,10,16H,3,6,9,11-13H2,(H2,21,25)(H,22,23). The van der Waals surface area contributed by atoms with Crippen LogP contribution in [-0.4, -0.2) is 28.9 Å². The molecule has 1 fully saturated rings. The number of primary amides is 1. The first-order valence-corrected chi connectivity index (χ1v) is 8.56. The number of rotatable bonds is 6. The minimum Gasteiger partial charge on any atom is -0.369 e. The lowest BCUT2D eigenvalue weighted by Crippen LogP contribution is -2.40. The van der Waals surface area contributed by atoms with Crippen molar-refractivity contribution in [1.29, 1.82) is 0 Å². The zero-order chi connectivity index (χ0) is 17.6. The van der Waals surface area contributed by atoms with E-state index in [1.165, 1.54) is 11.6 Å². The molecule has 5 nitrogen and oxygen atoms in total. The summed E-state index contributed by atoms with van der Waals surface area (Å²) < 4.78 is 13.1. The van der Waals surface area contributed by atoms with E-state index in [0.29, 0.717) is 12.4 Å². The number of pyridine rings is 1. The van der Waals surface area contributed by atoms with Gasteiger partial charge < -0.3 is 11.1 Å². The Morgan fingerprint density at radius 1 is 1.28 bits per heavy atom. The Labute approximate surface area is 147 Å². The van der Waals surface area contributed by atoms with Gasteiger partial charge in [-0.1, -0.05) is 30.3 Å². The van der Waals surface area contributed by atoms with Crippen LogP contribution >= 0.6 is 0 Å². The van der Waals surface area contributed by atoms with Crippen LogP contribution in [0.25, 0.3) is 0 Å². The second kappa shape index (κ2) is 8.07. The number of carbonyl (C=O) groups is 1. The molecular weight excluding hydrogens is 319 g/mol. The second-order valence-electron chi connectivity index (χ2n) is 6.50. The fourth-order valence-corrected chi connectivity index (χ4v) is 3.23. The van der Waals surface area contributed by atoms with Crippen LogP contribution in [0.2, 0.25) is 0 Å². The Kier molecular flexibility index (Phi) is 5.60. The van der Waals surface area contributed by atoms with E-state index in [-0.39, 0.29) is 11.8 Å². The summed E-state index contributed by atoms with van der Waals surface area (Å²) in [6.45, 7) is 3.09. The molecule has 1 aliphatic heterocycles. The molecule has 132 valence electrons.